The number of hydrogen-bond acceptors (Lipinski definition) is 5. The minimum atomic E-state index is -3.65. The molecule has 0 saturated heterocycles. The standard InChI is InChI=1S/C22H21N3O4S/c26-22(24-15-18-6-3-4-13-23-18)16-29-19-8-10-20(11-9-19)30(27,28)25-14-12-17-5-1-2-7-21(17)25/h1-11,13H,12,14-16H2,(H,24,26). The lowest BCUT2D eigenvalue weighted by Gasteiger charge is -2.19. The predicted octanol–water partition coefficient (Wildman–Crippen LogP) is 2.53. The van der Waals surface area contributed by atoms with Gasteiger partial charge in [0.2, 0.25) is 0 Å². The Labute approximate surface area is 175 Å². The number of nitrogens with zero attached hydrogens (tertiary/aromatic N) is 2. The third-order valence-electron chi connectivity index (χ3n) is 4.82. The number of hydrogen-bond donors (Lipinski definition) is 1. The molecule has 0 radical (unpaired) electrons. The van der Waals surface area contributed by atoms with Crippen LogP contribution in [0.25, 0.3) is 0 Å². The van der Waals surface area contributed by atoms with Crippen LogP contribution in [-0.4, -0.2) is 32.5 Å². The molecule has 1 aliphatic heterocycles. The Balaban J connectivity index is 1.35. The molecule has 0 unspecified atom stereocenters. The second kappa shape index (κ2) is 8.54. The van der Waals surface area contributed by atoms with Crippen molar-refractivity contribution in [1.82, 2.24) is 10.3 Å². The monoisotopic (exact) mass is 423 g/mol. The van der Waals surface area contributed by atoms with Gasteiger partial charge in [-0.25, -0.2) is 8.42 Å². The van der Waals surface area contributed by atoms with E-state index < -0.39 is 10.0 Å². The molecule has 3 aromatic rings. The van der Waals surface area contributed by atoms with Gasteiger partial charge in [0.05, 0.1) is 22.8 Å². The average molecular weight is 423 g/mol. The number of ether oxygens (including phenoxy) is 1. The fourth-order valence-electron chi connectivity index (χ4n) is 3.28. The number of carbonyl (C=O) groups is 1. The van der Waals surface area contributed by atoms with Crippen molar-refractivity contribution in [2.24, 2.45) is 0 Å². The summed E-state index contributed by atoms with van der Waals surface area (Å²) in [5.41, 5.74) is 2.50. The summed E-state index contributed by atoms with van der Waals surface area (Å²) in [6.45, 7) is 0.576. The molecule has 1 amide bonds. The summed E-state index contributed by atoms with van der Waals surface area (Å²) >= 11 is 0. The molecule has 1 aliphatic rings. The number of pyridine rings is 1. The number of sulfonamides is 1. The van der Waals surface area contributed by atoms with Gasteiger partial charge in [-0.2, -0.15) is 0 Å². The predicted molar refractivity (Wildman–Crippen MR) is 113 cm³/mol. The smallest absolute Gasteiger partial charge is 0.264 e. The van der Waals surface area contributed by atoms with E-state index in [1.165, 1.54) is 16.4 Å². The van der Waals surface area contributed by atoms with E-state index in [1.54, 1.807) is 24.4 Å². The molecule has 0 bridgehead atoms. The first-order chi connectivity index (χ1) is 14.5. The summed E-state index contributed by atoms with van der Waals surface area (Å²) in [7, 11) is -3.65. The van der Waals surface area contributed by atoms with E-state index in [4.69, 9.17) is 4.74 Å². The Kier molecular flexibility index (Phi) is 5.67. The van der Waals surface area contributed by atoms with Crippen LogP contribution in [0.3, 0.4) is 0 Å². The van der Waals surface area contributed by atoms with Crippen LogP contribution in [0.2, 0.25) is 0 Å². The number of nitrogens with one attached hydrogen (secondary N) is 1. The minimum absolute atomic E-state index is 0.168. The second-order valence-corrected chi connectivity index (χ2v) is 8.68. The van der Waals surface area contributed by atoms with Crippen molar-refractivity contribution in [2.75, 3.05) is 17.5 Å². The lowest BCUT2D eigenvalue weighted by molar-refractivity contribution is -0.123. The Morgan fingerprint density at radius 3 is 2.57 bits per heavy atom. The highest BCUT2D eigenvalue weighted by Crippen LogP contribution is 2.32. The molecule has 1 aromatic heterocycles. The van der Waals surface area contributed by atoms with Crippen molar-refractivity contribution in [1.29, 1.82) is 0 Å². The summed E-state index contributed by atoms with van der Waals surface area (Å²) in [5, 5.41) is 2.72. The molecule has 4 rings (SSSR count). The van der Waals surface area contributed by atoms with Crippen LogP contribution in [0.5, 0.6) is 5.75 Å². The summed E-state index contributed by atoms with van der Waals surface area (Å²) in [5.74, 6) is 0.134. The van der Waals surface area contributed by atoms with Crippen molar-refractivity contribution < 1.29 is 17.9 Å². The average Bonchev–Trinajstić information content (AvgIpc) is 3.22. The Hall–Kier alpha value is -3.39. The lowest BCUT2D eigenvalue weighted by atomic mass is 10.2. The van der Waals surface area contributed by atoms with Crippen LogP contribution >= 0.6 is 0 Å². The van der Waals surface area contributed by atoms with Crippen LogP contribution in [0.4, 0.5) is 5.69 Å². The zero-order valence-corrected chi connectivity index (χ0v) is 17.0. The van der Waals surface area contributed by atoms with Gasteiger partial charge in [-0.05, 0) is 54.4 Å². The maximum Gasteiger partial charge on any atom is 0.264 e. The molecule has 0 saturated carbocycles. The topological polar surface area (TPSA) is 88.6 Å². The molecule has 0 spiro atoms. The first-order valence-corrected chi connectivity index (χ1v) is 11.0. The molecule has 0 fully saturated rings. The van der Waals surface area contributed by atoms with E-state index in [2.05, 4.69) is 10.3 Å². The van der Waals surface area contributed by atoms with Crippen molar-refractivity contribution in [3.8, 4) is 5.75 Å². The molecular formula is C22H21N3O4S. The third kappa shape index (κ3) is 4.28. The summed E-state index contributed by atoms with van der Waals surface area (Å²) < 4.78 is 32.9. The van der Waals surface area contributed by atoms with E-state index >= 15 is 0 Å². The van der Waals surface area contributed by atoms with Gasteiger partial charge >= 0.3 is 0 Å². The van der Waals surface area contributed by atoms with Crippen LogP contribution in [0, 0.1) is 0 Å². The molecular weight excluding hydrogens is 402 g/mol. The van der Waals surface area contributed by atoms with Gasteiger partial charge in [-0.1, -0.05) is 24.3 Å². The Bertz CT molecular complexity index is 1130. The number of benzene rings is 2. The SMILES string of the molecule is O=C(COc1ccc(S(=O)(=O)N2CCc3ccccc32)cc1)NCc1ccccn1. The van der Waals surface area contributed by atoms with E-state index in [-0.39, 0.29) is 17.4 Å². The van der Waals surface area contributed by atoms with Gasteiger partial charge in [0.1, 0.15) is 5.75 Å². The van der Waals surface area contributed by atoms with Crippen molar-refractivity contribution >= 4 is 21.6 Å². The van der Waals surface area contributed by atoms with Gasteiger partial charge < -0.3 is 10.1 Å². The highest BCUT2D eigenvalue weighted by molar-refractivity contribution is 7.92. The molecule has 2 aromatic carbocycles. The van der Waals surface area contributed by atoms with Crippen LogP contribution in [0.15, 0.2) is 77.8 Å². The zero-order valence-electron chi connectivity index (χ0n) is 16.2. The third-order valence-corrected chi connectivity index (χ3v) is 6.65. The van der Waals surface area contributed by atoms with Crippen LogP contribution in [-0.2, 0) is 27.8 Å². The maximum absolute atomic E-state index is 13.0. The van der Waals surface area contributed by atoms with Gasteiger partial charge in [0, 0.05) is 12.7 Å². The molecule has 2 heterocycles. The van der Waals surface area contributed by atoms with Crippen molar-refractivity contribution in [3.63, 3.8) is 0 Å². The van der Waals surface area contributed by atoms with Crippen molar-refractivity contribution in [2.45, 2.75) is 17.9 Å². The molecule has 154 valence electrons. The highest BCUT2D eigenvalue weighted by Gasteiger charge is 2.30. The fraction of sp³-hybridized carbons (Fsp3) is 0.182. The molecule has 0 atom stereocenters. The molecule has 7 nitrogen and oxygen atoms in total. The Morgan fingerprint density at radius 2 is 1.80 bits per heavy atom. The minimum Gasteiger partial charge on any atom is -0.484 e. The van der Waals surface area contributed by atoms with Gasteiger partial charge in [-0.15, -0.1) is 0 Å². The fourth-order valence-corrected chi connectivity index (χ4v) is 4.79. The van der Waals surface area contributed by atoms with E-state index in [9.17, 15) is 13.2 Å². The largest absolute Gasteiger partial charge is 0.484 e. The Morgan fingerprint density at radius 1 is 1.03 bits per heavy atom. The first-order valence-electron chi connectivity index (χ1n) is 9.54. The quantitative estimate of drug-likeness (QED) is 0.631. The summed E-state index contributed by atoms with van der Waals surface area (Å²) in [4.78, 5) is 16.3. The maximum atomic E-state index is 13.0. The number of rotatable bonds is 7. The van der Waals surface area contributed by atoms with E-state index in [0.29, 0.717) is 25.3 Å². The lowest BCUT2D eigenvalue weighted by Crippen LogP contribution is -2.29. The molecule has 0 aliphatic carbocycles. The van der Waals surface area contributed by atoms with Gasteiger partial charge in [-0.3, -0.25) is 14.1 Å². The summed E-state index contributed by atoms with van der Waals surface area (Å²) in [6.07, 6.45) is 2.36. The number of para-hydroxylation sites is 1. The van der Waals surface area contributed by atoms with E-state index in [0.717, 1.165) is 16.9 Å². The number of fused-ring (bicyclic) bond motifs is 1. The summed E-state index contributed by atoms with van der Waals surface area (Å²) in [6, 6.07) is 19.1. The second-order valence-electron chi connectivity index (χ2n) is 6.81. The normalized spacial score (nSPS) is 13.0. The number of anilines is 1. The highest BCUT2D eigenvalue weighted by atomic mass is 32.2. The van der Waals surface area contributed by atoms with E-state index in [1.807, 2.05) is 36.4 Å². The number of aromatic nitrogens is 1. The van der Waals surface area contributed by atoms with Crippen LogP contribution in [0.1, 0.15) is 11.3 Å². The van der Waals surface area contributed by atoms with Crippen LogP contribution < -0.4 is 14.4 Å². The number of carbonyl (C=O) groups excluding carboxylic acids is 1. The molecule has 8 heteroatoms. The zero-order chi connectivity index (χ0) is 21.0. The molecule has 30 heavy (non-hydrogen) atoms. The van der Waals surface area contributed by atoms with Crippen molar-refractivity contribution in [3.05, 3.63) is 84.2 Å². The van der Waals surface area contributed by atoms with Gasteiger partial charge in [0.25, 0.3) is 15.9 Å². The van der Waals surface area contributed by atoms with Gasteiger partial charge in [0.15, 0.2) is 6.61 Å². The first kappa shape index (κ1) is 19.9. The number of amides is 1. The molecule has 1 N–H and O–H groups in total.